The van der Waals surface area contributed by atoms with Gasteiger partial charge in [0.1, 0.15) is 5.75 Å². The molecule has 1 N–H and O–H groups in total. The fourth-order valence-corrected chi connectivity index (χ4v) is 4.06. The Balaban J connectivity index is 2.29. The van der Waals surface area contributed by atoms with Gasteiger partial charge in [-0.25, -0.2) is 0 Å². The van der Waals surface area contributed by atoms with E-state index in [0.29, 0.717) is 12.0 Å². The number of nitrogens with one attached hydrogen (secondary N) is 1. The van der Waals surface area contributed by atoms with E-state index in [4.69, 9.17) is 16.3 Å². The van der Waals surface area contributed by atoms with Gasteiger partial charge in [-0.3, -0.25) is 0 Å². The maximum Gasteiger partial charge on any atom is 0.123 e. The molecule has 1 saturated carbocycles. The molecule has 2 rings (SSSR count). The minimum absolute atomic E-state index is 0.314. The summed E-state index contributed by atoms with van der Waals surface area (Å²) in [5.74, 6) is 3.17. The first kappa shape index (κ1) is 15.7. The Morgan fingerprint density at radius 1 is 1.20 bits per heavy atom. The van der Waals surface area contributed by atoms with Crippen LogP contribution in [-0.4, -0.2) is 14.2 Å². The maximum atomic E-state index is 6.19. The summed E-state index contributed by atoms with van der Waals surface area (Å²) >= 11 is 6.19. The van der Waals surface area contributed by atoms with Gasteiger partial charge in [-0.05, 0) is 62.3 Å². The van der Waals surface area contributed by atoms with Gasteiger partial charge in [-0.1, -0.05) is 25.4 Å². The number of hydrogen-bond donors (Lipinski definition) is 1. The summed E-state index contributed by atoms with van der Waals surface area (Å²) in [4.78, 5) is 0. The van der Waals surface area contributed by atoms with E-state index in [9.17, 15) is 0 Å². The molecule has 3 unspecified atom stereocenters. The molecule has 1 aliphatic rings. The average Bonchev–Trinajstić information content (AvgIpc) is 2.39. The lowest BCUT2D eigenvalue weighted by atomic mass is 9.72. The van der Waals surface area contributed by atoms with E-state index in [2.05, 4.69) is 19.2 Å². The van der Waals surface area contributed by atoms with Gasteiger partial charge in [0.05, 0.1) is 7.11 Å². The predicted molar refractivity (Wildman–Crippen MR) is 85.5 cm³/mol. The van der Waals surface area contributed by atoms with Crippen LogP contribution in [0.4, 0.5) is 0 Å². The first-order chi connectivity index (χ1) is 9.55. The number of methoxy groups -OCH3 is 1. The second-order valence-corrected chi connectivity index (χ2v) is 6.77. The monoisotopic (exact) mass is 295 g/mol. The largest absolute Gasteiger partial charge is 0.496 e. The van der Waals surface area contributed by atoms with Crippen LogP contribution in [0.25, 0.3) is 0 Å². The van der Waals surface area contributed by atoms with E-state index in [1.54, 1.807) is 7.11 Å². The molecule has 1 aliphatic carbocycles. The van der Waals surface area contributed by atoms with Gasteiger partial charge < -0.3 is 10.1 Å². The quantitative estimate of drug-likeness (QED) is 0.871. The molecule has 0 bridgehead atoms. The Bertz CT molecular complexity index is 439. The van der Waals surface area contributed by atoms with Crippen LogP contribution in [0.15, 0.2) is 18.2 Å². The van der Waals surface area contributed by atoms with Gasteiger partial charge in [-0.15, -0.1) is 0 Å². The van der Waals surface area contributed by atoms with E-state index in [1.165, 1.54) is 24.8 Å². The number of benzene rings is 1. The van der Waals surface area contributed by atoms with Crippen molar-refractivity contribution in [2.45, 2.75) is 39.2 Å². The summed E-state index contributed by atoms with van der Waals surface area (Å²) in [6, 6.07) is 6.22. The highest BCUT2D eigenvalue weighted by atomic mass is 35.5. The second-order valence-electron chi connectivity index (χ2n) is 6.33. The third kappa shape index (κ3) is 3.48. The lowest BCUT2D eigenvalue weighted by Crippen LogP contribution is -2.31. The van der Waals surface area contributed by atoms with Crippen LogP contribution in [0.3, 0.4) is 0 Å². The highest BCUT2D eigenvalue weighted by Crippen LogP contribution is 2.42. The van der Waals surface area contributed by atoms with E-state index >= 15 is 0 Å². The van der Waals surface area contributed by atoms with Gasteiger partial charge >= 0.3 is 0 Å². The van der Waals surface area contributed by atoms with Crippen molar-refractivity contribution in [1.82, 2.24) is 5.32 Å². The van der Waals surface area contributed by atoms with Crippen molar-refractivity contribution in [3.63, 3.8) is 0 Å². The number of halogens is 1. The van der Waals surface area contributed by atoms with Crippen molar-refractivity contribution in [2.24, 2.45) is 17.8 Å². The third-order valence-corrected chi connectivity index (χ3v) is 4.76. The smallest absolute Gasteiger partial charge is 0.123 e. The molecule has 0 aromatic heterocycles. The molecule has 0 heterocycles. The molecule has 0 spiro atoms. The fourth-order valence-electron chi connectivity index (χ4n) is 3.87. The van der Waals surface area contributed by atoms with Gasteiger partial charge in [-0.2, -0.15) is 0 Å². The molecule has 0 saturated heterocycles. The number of ether oxygens (including phenoxy) is 1. The molecular weight excluding hydrogens is 270 g/mol. The van der Waals surface area contributed by atoms with E-state index in [-0.39, 0.29) is 0 Å². The van der Waals surface area contributed by atoms with Crippen LogP contribution in [0.1, 0.15) is 44.7 Å². The van der Waals surface area contributed by atoms with Crippen LogP contribution in [-0.2, 0) is 0 Å². The van der Waals surface area contributed by atoms with Crippen LogP contribution in [0.5, 0.6) is 5.75 Å². The summed E-state index contributed by atoms with van der Waals surface area (Å²) in [6.07, 6.45) is 3.89. The molecule has 1 fully saturated rings. The van der Waals surface area contributed by atoms with E-state index in [1.807, 2.05) is 25.2 Å². The molecule has 0 aliphatic heterocycles. The van der Waals surface area contributed by atoms with Crippen molar-refractivity contribution in [3.8, 4) is 5.75 Å². The predicted octanol–water partition coefficient (Wildman–Crippen LogP) is 4.68. The molecule has 2 nitrogen and oxygen atoms in total. The Hall–Kier alpha value is -0.730. The van der Waals surface area contributed by atoms with Gasteiger partial charge in [0.15, 0.2) is 0 Å². The zero-order valence-corrected chi connectivity index (χ0v) is 13.7. The summed E-state index contributed by atoms with van der Waals surface area (Å²) in [5.41, 5.74) is 1.19. The minimum atomic E-state index is 0.314. The number of rotatable bonds is 4. The Morgan fingerprint density at radius 2 is 1.85 bits per heavy atom. The van der Waals surface area contributed by atoms with Gasteiger partial charge in [0.25, 0.3) is 0 Å². The number of hydrogen-bond acceptors (Lipinski definition) is 2. The topological polar surface area (TPSA) is 21.3 Å². The SMILES string of the molecule is CNC(c1cc(Cl)ccc1OC)C1CC(C)CC(C)C1. The van der Waals surface area contributed by atoms with Crippen LogP contribution < -0.4 is 10.1 Å². The molecule has 112 valence electrons. The van der Waals surface area contributed by atoms with Crippen LogP contribution in [0.2, 0.25) is 5.02 Å². The van der Waals surface area contributed by atoms with Crippen molar-refractivity contribution >= 4 is 11.6 Å². The van der Waals surface area contributed by atoms with E-state index in [0.717, 1.165) is 22.6 Å². The Morgan fingerprint density at radius 3 is 2.40 bits per heavy atom. The molecule has 1 aromatic carbocycles. The van der Waals surface area contributed by atoms with Crippen molar-refractivity contribution in [3.05, 3.63) is 28.8 Å². The lowest BCUT2D eigenvalue weighted by Gasteiger charge is -2.37. The zero-order valence-electron chi connectivity index (χ0n) is 12.9. The molecule has 3 heteroatoms. The van der Waals surface area contributed by atoms with Gasteiger partial charge in [0.2, 0.25) is 0 Å². The summed E-state index contributed by atoms with van der Waals surface area (Å²) < 4.78 is 5.53. The van der Waals surface area contributed by atoms with E-state index < -0.39 is 0 Å². The van der Waals surface area contributed by atoms with Crippen molar-refractivity contribution < 1.29 is 4.74 Å². The highest BCUT2D eigenvalue weighted by molar-refractivity contribution is 6.30. The normalized spacial score (nSPS) is 28.1. The molecule has 3 atom stereocenters. The summed E-state index contributed by atoms with van der Waals surface area (Å²) in [5, 5.41) is 4.27. The Kier molecular flexibility index (Phi) is 5.34. The minimum Gasteiger partial charge on any atom is -0.496 e. The van der Waals surface area contributed by atoms with Crippen LogP contribution in [0, 0.1) is 17.8 Å². The fraction of sp³-hybridized carbons (Fsp3) is 0.647. The maximum absolute atomic E-state index is 6.19. The van der Waals surface area contributed by atoms with Gasteiger partial charge in [0, 0.05) is 16.6 Å². The van der Waals surface area contributed by atoms with Crippen LogP contribution >= 0.6 is 11.6 Å². The third-order valence-electron chi connectivity index (χ3n) is 4.52. The first-order valence-electron chi connectivity index (χ1n) is 7.55. The van der Waals surface area contributed by atoms with Crippen molar-refractivity contribution in [2.75, 3.05) is 14.2 Å². The lowest BCUT2D eigenvalue weighted by molar-refractivity contribution is 0.179. The summed E-state index contributed by atoms with van der Waals surface area (Å²) in [6.45, 7) is 4.73. The molecular formula is C17H26ClNO. The first-order valence-corrected chi connectivity index (χ1v) is 7.93. The zero-order chi connectivity index (χ0) is 14.7. The average molecular weight is 296 g/mol. The van der Waals surface area contributed by atoms with Crippen molar-refractivity contribution in [1.29, 1.82) is 0 Å². The molecule has 0 amide bonds. The summed E-state index contributed by atoms with van der Waals surface area (Å²) in [7, 11) is 3.76. The molecule has 20 heavy (non-hydrogen) atoms. The second kappa shape index (κ2) is 6.82. The molecule has 0 radical (unpaired) electrons. The molecule has 1 aromatic rings. The Labute approximate surface area is 127 Å². The highest BCUT2D eigenvalue weighted by Gasteiger charge is 2.31. The standard InChI is InChI=1S/C17H26ClNO/c1-11-7-12(2)9-13(8-11)17(19-3)15-10-14(18)5-6-16(15)20-4/h5-6,10-13,17,19H,7-9H2,1-4H3.